The lowest BCUT2D eigenvalue weighted by Crippen LogP contribution is -1.72. The van der Waals surface area contributed by atoms with Crippen molar-refractivity contribution in [2.45, 2.75) is 0 Å². The molecule has 1 aromatic carbocycles. The molecule has 72 valence electrons. The molecule has 2 nitrogen and oxygen atoms in total. The molecule has 0 saturated heterocycles. The molecular weight excluding hydrogens is 220 g/mol. The summed E-state index contributed by atoms with van der Waals surface area (Å²) in [5.41, 5.74) is 0.763. The van der Waals surface area contributed by atoms with Gasteiger partial charge >= 0.3 is 0 Å². The van der Waals surface area contributed by atoms with Crippen molar-refractivity contribution in [2.75, 3.05) is 0 Å². The zero-order chi connectivity index (χ0) is 10.1. The Morgan fingerprint density at radius 2 is 1.64 bits per heavy atom. The summed E-state index contributed by atoms with van der Waals surface area (Å²) in [6.07, 6.45) is 0. The third kappa shape index (κ3) is 1.84. The van der Waals surface area contributed by atoms with Gasteiger partial charge in [0.15, 0.2) is 0 Å². The minimum atomic E-state index is 0.0459. The maximum Gasteiger partial charge on any atom is 0.119 e. The van der Waals surface area contributed by atoms with Crippen molar-refractivity contribution in [3.8, 4) is 21.9 Å². The second-order valence-electron chi connectivity index (χ2n) is 2.87. The molecule has 0 saturated carbocycles. The van der Waals surface area contributed by atoms with Crippen molar-refractivity contribution >= 4 is 22.9 Å². The van der Waals surface area contributed by atoms with E-state index in [9.17, 15) is 10.2 Å². The fraction of sp³-hybridized carbons (Fsp3) is 0. The minimum Gasteiger partial charge on any atom is -0.508 e. The third-order valence-corrected chi connectivity index (χ3v) is 3.08. The molecule has 0 amide bonds. The monoisotopic (exact) mass is 226 g/mol. The number of phenolic OH excluding ortho intramolecular Hbond substituents is 2. The van der Waals surface area contributed by atoms with Crippen LogP contribution >= 0.6 is 22.9 Å². The van der Waals surface area contributed by atoms with Crippen molar-refractivity contribution in [2.24, 2.45) is 0 Å². The summed E-state index contributed by atoms with van der Waals surface area (Å²) in [5, 5.41) is 21.0. The molecule has 0 aliphatic heterocycles. The van der Waals surface area contributed by atoms with E-state index in [1.807, 2.05) is 0 Å². The van der Waals surface area contributed by atoms with Gasteiger partial charge in [0.05, 0.1) is 5.02 Å². The number of thiophene rings is 1. The van der Waals surface area contributed by atoms with E-state index in [0.29, 0.717) is 5.02 Å². The lowest BCUT2D eigenvalue weighted by molar-refractivity contribution is 0.451. The number of halogens is 1. The van der Waals surface area contributed by atoms with Crippen LogP contribution in [-0.2, 0) is 0 Å². The van der Waals surface area contributed by atoms with Crippen LogP contribution in [0.1, 0.15) is 0 Å². The predicted octanol–water partition coefficient (Wildman–Crippen LogP) is 3.48. The van der Waals surface area contributed by atoms with Gasteiger partial charge in [0, 0.05) is 16.3 Å². The van der Waals surface area contributed by atoms with Gasteiger partial charge in [0.2, 0.25) is 0 Å². The standard InChI is InChI=1S/C10H7ClO2S/c11-7-3-10(14-5-7)6-1-8(12)4-9(13)2-6/h1-5,12-13H. The highest BCUT2D eigenvalue weighted by atomic mass is 35.5. The number of hydrogen-bond acceptors (Lipinski definition) is 3. The number of benzene rings is 1. The fourth-order valence-corrected chi connectivity index (χ4v) is 2.27. The van der Waals surface area contributed by atoms with E-state index in [0.717, 1.165) is 10.4 Å². The first kappa shape index (κ1) is 9.37. The number of rotatable bonds is 1. The van der Waals surface area contributed by atoms with Crippen molar-refractivity contribution in [1.82, 2.24) is 0 Å². The Hall–Kier alpha value is -1.19. The summed E-state index contributed by atoms with van der Waals surface area (Å²) in [7, 11) is 0. The first-order valence-electron chi connectivity index (χ1n) is 3.92. The molecule has 1 aromatic heterocycles. The van der Waals surface area contributed by atoms with Gasteiger partial charge in [0.25, 0.3) is 0 Å². The van der Waals surface area contributed by atoms with Crippen molar-refractivity contribution in [1.29, 1.82) is 0 Å². The molecule has 0 spiro atoms. The molecule has 0 atom stereocenters. The van der Waals surface area contributed by atoms with Gasteiger partial charge < -0.3 is 10.2 Å². The molecular formula is C10H7ClO2S. The van der Waals surface area contributed by atoms with Gasteiger partial charge in [-0.15, -0.1) is 11.3 Å². The second kappa shape index (κ2) is 3.52. The largest absolute Gasteiger partial charge is 0.508 e. The Morgan fingerprint density at radius 3 is 2.14 bits per heavy atom. The molecule has 14 heavy (non-hydrogen) atoms. The van der Waals surface area contributed by atoms with Gasteiger partial charge in [0.1, 0.15) is 11.5 Å². The lowest BCUT2D eigenvalue weighted by atomic mass is 10.1. The van der Waals surface area contributed by atoms with Crippen LogP contribution in [0.15, 0.2) is 29.6 Å². The summed E-state index contributed by atoms with van der Waals surface area (Å²) < 4.78 is 0. The Kier molecular flexibility index (Phi) is 2.35. The maximum atomic E-state index is 9.27. The number of aromatic hydroxyl groups is 2. The highest BCUT2D eigenvalue weighted by Crippen LogP contribution is 2.33. The molecule has 1 heterocycles. The Labute approximate surface area is 90.0 Å². The minimum absolute atomic E-state index is 0.0459. The summed E-state index contributed by atoms with van der Waals surface area (Å²) in [5.74, 6) is 0.0917. The zero-order valence-electron chi connectivity index (χ0n) is 7.07. The topological polar surface area (TPSA) is 40.5 Å². The molecule has 2 rings (SSSR count). The SMILES string of the molecule is Oc1cc(O)cc(-c2cc(Cl)cs2)c1. The lowest BCUT2D eigenvalue weighted by Gasteiger charge is -1.99. The number of hydrogen-bond donors (Lipinski definition) is 2. The molecule has 2 N–H and O–H groups in total. The predicted molar refractivity (Wildman–Crippen MR) is 58.1 cm³/mol. The molecule has 0 aliphatic rings. The van der Waals surface area contributed by atoms with Gasteiger partial charge in [-0.05, 0) is 23.8 Å². The zero-order valence-corrected chi connectivity index (χ0v) is 8.64. The molecule has 4 heteroatoms. The molecule has 0 radical (unpaired) electrons. The van der Waals surface area contributed by atoms with Crippen molar-refractivity contribution in [3.63, 3.8) is 0 Å². The van der Waals surface area contributed by atoms with E-state index >= 15 is 0 Å². The number of phenols is 2. The summed E-state index contributed by atoms with van der Waals surface area (Å²) >= 11 is 7.24. The van der Waals surface area contributed by atoms with Crippen LogP contribution in [-0.4, -0.2) is 10.2 Å². The van der Waals surface area contributed by atoms with Crippen LogP contribution in [0.25, 0.3) is 10.4 Å². The molecule has 0 fully saturated rings. The van der Waals surface area contributed by atoms with Gasteiger partial charge in [-0.1, -0.05) is 11.6 Å². The first-order chi connectivity index (χ1) is 6.65. The van der Waals surface area contributed by atoms with Crippen LogP contribution in [0.2, 0.25) is 5.02 Å². The summed E-state index contributed by atoms with van der Waals surface area (Å²) in [4.78, 5) is 0.918. The summed E-state index contributed by atoms with van der Waals surface area (Å²) in [6.45, 7) is 0. The average molecular weight is 227 g/mol. The van der Waals surface area contributed by atoms with E-state index in [4.69, 9.17) is 11.6 Å². The third-order valence-electron chi connectivity index (χ3n) is 1.75. The van der Waals surface area contributed by atoms with Crippen LogP contribution in [0.4, 0.5) is 0 Å². The van der Waals surface area contributed by atoms with E-state index < -0.39 is 0 Å². The van der Waals surface area contributed by atoms with Gasteiger partial charge in [-0.2, -0.15) is 0 Å². The smallest absolute Gasteiger partial charge is 0.119 e. The Bertz CT molecular complexity index is 445. The van der Waals surface area contributed by atoms with Crippen LogP contribution < -0.4 is 0 Å². The molecule has 0 bridgehead atoms. The quantitative estimate of drug-likeness (QED) is 0.782. The highest BCUT2D eigenvalue weighted by Gasteiger charge is 2.04. The summed E-state index contributed by atoms with van der Waals surface area (Å²) in [6, 6.07) is 6.25. The van der Waals surface area contributed by atoms with Gasteiger partial charge in [-0.25, -0.2) is 0 Å². The van der Waals surface area contributed by atoms with Crippen molar-refractivity contribution in [3.05, 3.63) is 34.7 Å². The molecule has 0 unspecified atom stereocenters. The van der Waals surface area contributed by atoms with E-state index in [1.54, 1.807) is 23.6 Å². The molecule has 0 aliphatic carbocycles. The molecule has 2 aromatic rings. The Morgan fingerprint density at radius 1 is 1.00 bits per heavy atom. The van der Waals surface area contributed by atoms with Gasteiger partial charge in [-0.3, -0.25) is 0 Å². The second-order valence-corrected chi connectivity index (χ2v) is 4.21. The van der Waals surface area contributed by atoms with E-state index in [1.165, 1.54) is 17.4 Å². The fourth-order valence-electron chi connectivity index (χ4n) is 1.20. The first-order valence-corrected chi connectivity index (χ1v) is 5.18. The average Bonchev–Trinajstić information content (AvgIpc) is 2.50. The van der Waals surface area contributed by atoms with Crippen molar-refractivity contribution < 1.29 is 10.2 Å². The van der Waals surface area contributed by atoms with E-state index in [2.05, 4.69) is 0 Å². The van der Waals surface area contributed by atoms with Crippen LogP contribution in [0.3, 0.4) is 0 Å². The van der Waals surface area contributed by atoms with E-state index in [-0.39, 0.29) is 11.5 Å². The van der Waals surface area contributed by atoms with Crippen LogP contribution in [0, 0.1) is 0 Å². The Balaban J connectivity index is 2.51. The normalized spacial score (nSPS) is 10.4. The van der Waals surface area contributed by atoms with Crippen LogP contribution in [0.5, 0.6) is 11.5 Å². The maximum absolute atomic E-state index is 9.27. The highest BCUT2D eigenvalue weighted by molar-refractivity contribution is 7.14.